The predicted molar refractivity (Wildman–Crippen MR) is 141 cm³/mol. The van der Waals surface area contributed by atoms with Crippen molar-refractivity contribution in [3.05, 3.63) is 88.9 Å². The number of aromatic nitrogens is 3. The van der Waals surface area contributed by atoms with E-state index in [1.807, 2.05) is 13.0 Å². The van der Waals surface area contributed by atoms with Crippen LogP contribution in [0.25, 0.3) is 5.69 Å². The van der Waals surface area contributed by atoms with Crippen LogP contribution in [0.3, 0.4) is 0 Å². The Kier molecular flexibility index (Phi) is 6.32. The molecule has 0 unspecified atom stereocenters. The Morgan fingerprint density at radius 3 is 2.66 bits per heavy atom. The third kappa shape index (κ3) is 4.92. The zero-order valence-corrected chi connectivity index (χ0v) is 22.0. The Morgan fingerprint density at radius 1 is 1.10 bits per heavy atom. The number of nitrogens with zero attached hydrogens (tertiary/aromatic N) is 4. The molecule has 1 amide bonds. The molecule has 0 bridgehead atoms. The molecule has 41 heavy (non-hydrogen) atoms. The molecule has 12 heteroatoms. The Bertz CT molecular complexity index is 1670. The van der Waals surface area contributed by atoms with Gasteiger partial charge in [-0.05, 0) is 62.6 Å². The predicted octanol–water partition coefficient (Wildman–Crippen LogP) is 5.33. The number of carboxylic acid groups (broad SMARTS) is 1. The highest BCUT2D eigenvalue weighted by molar-refractivity contribution is 6.06. The molecule has 2 aliphatic rings. The van der Waals surface area contributed by atoms with Gasteiger partial charge in [-0.3, -0.25) is 4.79 Å². The van der Waals surface area contributed by atoms with Crippen molar-refractivity contribution in [1.29, 1.82) is 0 Å². The number of hydrogen-bond donors (Lipinski definition) is 1. The zero-order chi connectivity index (χ0) is 28.9. The first kappa shape index (κ1) is 26.2. The van der Waals surface area contributed by atoms with E-state index in [4.69, 9.17) is 14.9 Å². The molecule has 2 aromatic heterocycles. The summed E-state index contributed by atoms with van der Waals surface area (Å²) in [4.78, 5) is 30.1. The number of aromatic carboxylic acids is 1. The van der Waals surface area contributed by atoms with E-state index in [1.165, 1.54) is 48.5 Å². The zero-order valence-electron chi connectivity index (χ0n) is 22.0. The van der Waals surface area contributed by atoms with Crippen LogP contribution in [0.5, 0.6) is 17.4 Å². The van der Waals surface area contributed by atoms with Gasteiger partial charge in [0, 0.05) is 42.2 Å². The van der Waals surface area contributed by atoms with Crippen LogP contribution in [-0.4, -0.2) is 45.1 Å². The molecule has 1 aliphatic carbocycles. The SMILES string of the molecule is Cc1nn(-c2cccc(C(=O)N(C)c3ccc4c(c3)OC(F)(F)O4)c2)c2c1CCC[C@H]2Oc1ccc(C(=O)O)cn1. The maximum absolute atomic E-state index is 13.4. The Balaban J connectivity index is 1.29. The van der Waals surface area contributed by atoms with Gasteiger partial charge in [-0.2, -0.15) is 5.10 Å². The fourth-order valence-corrected chi connectivity index (χ4v) is 5.08. The van der Waals surface area contributed by atoms with Crippen molar-refractivity contribution in [3.8, 4) is 23.1 Å². The van der Waals surface area contributed by atoms with Crippen LogP contribution in [0.2, 0.25) is 0 Å². The number of fused-ring (bicyclic) bond motifs is 2. The van der Waals surface area contributed by atoms with Gasteiger partial charge < -0.3 is 24.2 Å². The van der Waals surface area contributed by atoms with Crippen LogP contribution in [-0.2, 0) is 6.42 Å². The Morgan fingerprint density at radius 2 is 1.90 bits per heavy atom. The van der Waals surface area contributed by atoms with Crippen LogP contribution in [0.4, 0.5) is 14.5 Å². The van der Waals surface area contributed by atoms with Crippen LogP contribution in [0.15, 0.2) is 60.8 Å². The highest BCUT2D eigenvalue weighted by Crippen LogP contribution is 2.43. The minimum absolute atomic E-state index is 0.0627. The number of rotatable bonds is 6. The Hall–Kier alpha value is -5.00. The summed E-state index contributed by atoms with van der Waals surface area (Å²) in [6.07, 6.45) is -0.499. The second-order valence-corrected chi connectivity index (χ2v) is 9.76. The third-order valence-electron chi connectivity index (χ3n) is 7.08. The molecule has 0 saturated heterocycles. The summed E-state index contributed by atoms with van der Waals surface area (Å²) in [6.45, 7) is 1.92. The molecule has 0 saturated carbocycles. The molecule has 3 heterocycles. The number of aryl methyl sites for hydroxylation is 1. The molecule has 2 aromatic carbocycles. The van der Waals surface area contributed by atoms with Gasteiger partial charge in [0.25, 0.3) is 5.91 Å². The van der Waals surface area contributed by atoms with Crippen LogP contribution in [0, 0.1) is 6.92 Å². The molecule has 4 aromatic rings. The maximum atomic E-state index is 13.4. The third-order valence-corrected chi connectivity index (χ3v) is 7.08. The molecule has 6 rings (SSSR count). The molecular weight excluding hydrogens is 538 g/mol. The van der Waals surface area contributed by atoms with Gasteiger partial charge in [0.2, 0.25) is 5.88 Å². The number of carbonyl (C=O) groups excluding carboxylic acids is 1. The number of ether oxygens (including phenoxy) is 3. The molecule has 10 nitrogen and oxygen atoms in total. The van der Waals surface area contributed by atoms with Crippen molar-refractivity contribution in [3.63, 3.8) is 0 Å². The molecule has 0 spiro atoms. The number of alkyl halides is 2. The summed E-state index contributed by atoms with van der Waals surface area (Å²) in [5.74, 6) is -1.41. The normalized spacial score (nSPS) is 16.6. The lowest BCUT2D eigenvalue weighted by molar-refractivity contribution is -0.286. The van der Waals surface area contributed by atoms with Gasteiger partial charge in [-0.15, -0.1) is 8.78 Å². The lowest BCUT2D eigenvalue weighted by atomic mass is 9.93. The largest absolute Gasteiger partial charge is 0.586 e. The van der Waals surface area contributed by atoms with E-state index >= 15 is 0 Å². The fraction of sp³-hybridized carbons (Fsp3) is 0.241. The highest BCUT2D eigenvalue weighted by Gasteiger charge is 2.43. The van der Waals surface area contributed by atoms with Gasteiger partial charge in [0.1, 0.15) is 6.10 Å². The average molecular weight is 563 g/mol. The van der Waals surface area contributed by atoms with Gasteiger partial charge in [-0.25, -0.2) is 14.5 Å². The molecule has 0 fully saturated rings. The van der Waals surface area contributed by atoms with E-state index in [0.29, 0.717) is 29.2 Å². The monoisotopic (exact) mass is 562 g/mol. The average Bonchev–Trinajstić information content (AvgIpc) is 3.47. The van der Waals surface area contributed by atoms with Crippen molar-refractivity contribution in [2.24, 2.45) is 0 Å². The van der Waals surface area contributed by atoms with Gasteiger partial charge >= 0.3 is 12.3 Å². The molecule has 1 aliphatic heterocycles. The van der Waals surface area contributed by atoms with E-state index in [1.54, 1.807) is 22.9 Å². The maximum Gasteiger partial charge on any atom is 0.586 e. The van der Waals surface area contributed by atoms with Gasteiger partial charge in [0.15, 0.2) is 11.5 Å². The number of hydrogen-bond acceptors (Lipinski definition) is 7. The first-order valence-electron chi connectivity index (χ1n) is 12.8. The summed E-state index contributed by atoms with van der Waals surface area (Å²) >= 11 is 0. The van der Waals surface area contributed by atoms with Crippen LogP contribution < -0.4 is 19.1 Å². The molecular formula is C29H24F2N4O6. The smallest absolute Gasteiger partial charge is 0.478 e. The summed E-state index contributed by atoms with van der Waals surface area (Å²) < 4.78 is 43.8. The van der Waals surface area contributed by atoms with Crippen molar-refractivity contribution < 1.29 is 37.7 Å². The first-order valence-corrected chi connectivity index (χ1v) is 12.8. The summed E-state index contributed by atoms with van der Waals surface area (Å²) in [5.41, 5.74) is 4.14. The molecule has 0 radical (unpaired) electrons. The number of benzene rings is 2. The summed E-state index contributed by atoms with van der Waals surface area (Å²) in [6, 6.07) is 14.1. The molecule has 1 atom stereocenters. The minimum atomic E-state index is -3.75. The summed E-state index contributed by atoms with van der Waals surface area (Å²) in [7, 11) is 1.54. The Labute approximate surface area is 232 Å². The van der Waals surface area contributed by atoms with E-state index in [9.17, 15) is 18.4 Å². The first-order chi connectivity index (χ1) is 19.6. The number of carboxylic acids is 1. The van der Waals surface area contributed by atoms with Gasteiger partial charge in [-0.1, -0.05) is 6.07 Å². The second kappa shape index (κ2) is 9.88. The number of anilines is 1. The number of amides is 1. The topological polar surface area (TPSA) is 116 Å². The lowest BCUT2D eigenvalue weighted by Crippen LogP contribution is -2.26. The lowest BCUT2D eigenvalue weighted by Gasteiger charge is -2.25. The van der Waals surface area contributed by atoms with E-state index in [2.05, 4.69) is 14.5 Å². The molecule has 1 N–H and O–H groups in total. The molecule has 210 valence electrons. The number of halogens is 2. The van der Waals surface area contributed by atoms with Crippen molar-refractivity contribution >= 4 is 17.6 Å². The van der Waals surface area contributed by atoms with Gasteiger partial charge in [0.05, 0.1) is 22.6 Å². The highest BCUT2D eigenvalue weighted by atomic mass is 19.3. The second-order valence-electron chi connectivity index (χ2n) is 9.76. The van der Waals surface area contributed by atoms with Crippen LogP contribution in [0.1, 0.15) is 56.6 Å². The number of pyridine rings is 1. The standard InChI is InChI=1S/C29H24F2N4O6/c1-16-21-7-4-8-23(39-25-12-9-18(15-32-25)28(37)38)26(21)35(33-16)20-6-3-5-17(13-20)27(36)34(2)19-10-11-22-24(14-19)41-29(30,31)40-22/h3,5-6,9-15,23H,4,7-8H2,1-2H3,(H,37,38)/t23-/m1/s1. The minimum Gasteiger partial charge on any atom is -0.478 e. The van der Waals surface area contributed by atoms with E-state index in [0.717, 1.165) is 29.8 Å². The van der Waals surface area contributed by atoms with Crippen LogP contribution >= 0.6 is 0 Å². The van der Waals surface area contributed by atoms with Crippen molar-refractivity contribution in [2.75, 3.05) is 11.9 Å². The quantitative estimate of drug-likeness (QED) is 0.335. The van der Waals surface area contributed by atoms with Crippen molar-refractivity contribution in [2.45, 2.75) is 38.6 Å². The fourth-order valence-electron chi connectivity index (χ4n) is 5.08. The van der Waals surface area contributed by atoms with E-state index in [-0.39, 0.29) is 23.0 Å². The summed E-state index contributed by atoms with van der Waals surface area (Å²) in [5, 5.41) is 13.9. The van der Waals surface area contributed by atoms with E-state index < -0.39 is 18.4 Å². The van der Waals surface area contributed by atoms with Crippen molar-refractivity contribution in [1.82, 2.24) is 14.8 Å². The number of carbonyl (C=O) groups is 2.